The Morgan fingerprint density at radius 1 is 1.33 bits per heavy atom. The van der Waals surface area contributed by atoms with Crippen molar-refractivity contribution in [1.29, 1.82) is 0 Å². The normalized spacial score (nSPS) is 13.0. The second kappa shape index (κ2) is 4.17. The largest absolute Gasteiger partial charge is 0.271 e. The van der Waals surface area contributed by atoms with E-state index in [-0.39, 0.29) is 6.04 Å². The van der Waals surface area contributed by atoms with E-state index in [0.29, 0.717) is 0 Å². The molecule has 3 heterocycles. The van der Waals surface area contributed by atoms with Crippen molar-refractivity contribution >= 4 is 5.52 Å². The number of nitrogens with two attached hydrogens (primary N) is 1. The van der Waals surface area contributed by atoms with Gasteiger partial charge in [0.15, 0.2) is 0 Å². The molecule has 0 spiro atoms. The zero-order valence-corrected chi connectivity index (χ0v) is 9.72. The molecule has 8 heteroatoms. The molecule has 0 fully saturated rings. The van der Waals surface area contributed by atoms with Gasteiger partial charge in [0.2, 0.25) is 0 Å². The molecule has 3 rings (SSSR count). The molecule has 0 aliphatic rings. The summed E-state index contributed by atoms with van der Waals surface area (Å²) < 4.78 is 3.42. The predicted octanol–water partition coefficient (Wildman–Crippen LogP) is -0.589. The Bertz CT molecular complexity index is 669. The molecule has 18 heavy (non-hydrogen) atoms. The molecule has 92 valence electrons. The Balaban J connectivity index is 2.15. The van der Waals surface area contributed by atoms with E-state index in [1.165, 1.54) is 0 Å². The minimum absolute atomic E-state index is 0.230. The highest BCUT2D eigenvalue weighted by atomic mass is 15.4. The van der Waals surface area contributed by atoms with Crippen LogP contribution in [0.3, 0.4) is 0 Å². The van der Waals surface area contributed by atoms with Crippen molar-refractivity contribution in [3.8, 4) is 0 Å². The molecule has 0 amide bonds. The van der Waals surface area contributed by atoms with E-state index >= 15 is 0 Å². The van der Waals surface area contributed by atoms with Crippen LogP contribution in [0.25, 0.3) is 5.52 Å². The highest BCUT2D eigenvalue weighted by molar-refractivity contribution is 5.54. The first-order valence-corrected chi connectivity index (χ1v) is 5.39. The van der Waals surface area contributed by atoms with E-state index in [0.717, 1.165) is 16.8 Å². The summed E-state index contributed by atoms with van der Waals surface area (Å²) in [4.78, 5) is 4.10. The average Bonchev–Trinajstić information content (AvgIpc) is 2.99. The maximum atomic E-state index is 5.64. The molecule has 1 atom stereocenters. The van der Waals surface area contributed by atoms with Gasteiger partial charge in [0.1, 0.15) is 0 Å². The Kier molecular flexibility index (Phi) is 2.50. The van der Waals surface area contributed by atoms with Gasteiger partial charge in [-0.1, -0.05) is 5.21 Å². The lowest BCUT2D eigenvalue weighted by Gasteiger charge is -2.14. The fourth-order valence-electron chi connectivity index (χ4n) is 1.97. The van der Waals surface area contributed by atoms with Gasteiger partial charge in [-0.3, -0.25) is 15.5 Å². The molecule has 0 aliphatic heterocycles. The predicted molar refractivity (Wildman–Crippen MR) is 63.2 cm³/mol. The Morgan fingerprint density at radius 3 is 2.94 bits per heavy atom. The van der Waals surface area contributed by atoms with Gasteiger partial charge < -0.3 is 0 Å². The third kappa shape index (κ3) is 1.55. The maximum Gasteiger partial charge on any atom is 0.0931 e. The third-order valence-corrected chi connectivity index (χ3v) is 2.88. The number of nitrogens with one attached hydrogen (secondary N) is 1. The minimum atomic E-state index is -0.230. The summed E-state index contributed by atoms with van der Waals surface area (Å²) in [5, 5.41) is 12.0. The van der Waals surface area contributed by atoms with E-state index in [1.54, 1.807) is 40.2 Å². The molecule has 0 aliphatic carbocycles. The van der Waals surface area contributed by atoms with Crippen molar-refractivity contribution in [1.82, 2.24) is 35.0 Å². The van der Waals surface area contributed by atoms with Crippen molar-refractivity contribution in [2.75, 3.05) is 0 Å². The molecule has 0 aromatic carbocycles. The number of aromatic nitrogens is 6. The van der Waals surface area contributed by atoms with Gasteiger partial charge in [0.05, 0.1) is 35.8 Å². The van der Waals surface area contributed by atoms with Crippen LogP contribution in [0.1, 0.15) is 17.3 Å². The molecular weight excluding hydrogens is 232 g/mol. The summed E-state index contributed by atoms with van der Waals surface area (Å²) in [7, 11) is 1.82. The van der Waals surface area contributed by atoms with Gasteiger partial charge in [0, 0.05) is 25.0 Å². The van der Waals surface area contributed by atoms with E-state index in [2.05, 4.69) is 25.8 Å². The smallest absolute Gasteiger partial charge is 0.0931 e. The number of hydrazine groups is 1. The highest BCUT2D eigenvalue weighted by Crippen LogP contribution is 2.23. The van der Waals surface area contributed by atoms with Crippen molar-refractivity contribution in [3.63, 3.8) is 0 Å². The van der Waals surface area contributed by atoms with E-state index in [4.69, 9.17) is 5.84 Å². The number of aryl methyl sites for hydroxylation is 1. The van der Waals surface area contributed by atoms with Crippen molar-refractivity contribution in [2.45, 2.75) is 6.04 Å². The molecular formula is C10H12N8. The zero-order valence-electron chi connectivity index (χ0n) is 9.72. The number of nitrogens with zero attached hydrogens (tertiary/aromatic N) is 6. The molecule has 3 aromatic rings. The van der Waals surface area contributed by atoms with Crippen LogP contribution in [0.4, 0.5) is 0 Å². The SMILES string of the molecule is Cn1nncc1C(NN)c1cnn2ccncc12. The van der Waals surface area contributed by atoms with Gasteiger partial charge >= 0.3 is 0 Å². The maximum absolute atomic E-state index is 5.64. The third-order valence-electron chi connectivity index (χ3n) is 2.88. The second-order valence-electron chi connectivity index (χ2n) is 3.89. The fraction of sp³-hybridized carbons (Fsp3) is 0.200. The van der Waals surface area contributed by atoms with Crippen molar-refractivity contribution in [3.05, 3.63) is 42.2 Å². The number of hydrogen-bond donors (Lipinski definition) is 2. The number of rotatable bonds is 3. The molecule has 1 unspecified atom stereocenters. The molecule has 3 aromatic heterocycles. The molecule has 8 nitrogen and oxygen atoms in total. The lowest BCUT2D eigenvalue weighted by Crippen LogP contribution is -2.30. The molecule has 0 bridgehead atoms. The Hall–Kier alpha value is -2.32. The monoisotopic (exact) mass is 244 g/mol. The summed E-state index contributed by atoms with van der Waals surface area (Å²) >= 11 is 0. The van der Waals surface area contributed by atoms with E-state index < -0.39 is 0 Å². The van der Waals surface area contributed by atoms with Crippen LogP contribution >= 0.6 is 0 Å². The lowest BCUT2D eigenvalue weighted by atomic mass is 10.1. The zero-order chi connectivity index (χ0) is 12.5. The Morgan fingerprint density at radius 2 is 2.22 bits per heavy atom. The molecule has 0 saturated heterocycles. The topological polar surface area (TPSA) is 99.0 Å². The number of fused-ring (bicyclic) bond motifs is 1. The van der Waals surface area contributed by atoms with Gasteiger partial charge in [-0.15, -0.1) is 5.10 Å². The van der Waals surface area contributed by atoms with Crippen LogP contribution in [-0.4, -0.2) is 29.6 Å². The van der Waals surface area contributed by atoms with Gasteiger partial charge in [0.25, 0.3) is 0 Å². The quantitative estimate of drug-likeness (QED) is 0.472. The van der Waals surface area contributed by atoms with Gasteiger partial charge in [-0.25, -0.2) is 9.94 Å². The number of hydrogen-bond acceptors (Lipinski definition) is 6. The summed E-state index contributed by atoms with van der Waals surface area (Å²) in [6, 6.07) is -0.230. The van der Waals surface area contributed by atoms with Crippen LogP contribution in [-0.2, 0) is 7.05 Å². The first-order chi connectivity index (χ1) is 8.81. The van der Waals surface area contributed by atoms with E-state index in [9.17, 15) is 0 Å². The summed E-state index contributed by atoms with van der Waals surface area (Å²) in [6.45, 7) is 0. The first kappa shape index (κ1) is 10.8. The highest BCUT2D eigenvalue weighted by Gasteiger charge is 2.20. The van der Waals surface area contributed by atoms with Crippen molar-refractivity contribution in [2.24, 2.45) is 12.9 Å². The van der Waals surface area contributed by atoms with Gasteiger partial charge in [-0.05, 0) is 0 Å². The first-order valence-electron chi connectivity index (χ1n) is 5.39. The van der Waals surface area contributed by atoms with Crippen LogP contribution in [0, 0.1) is 0 Å². The molecule has 0 radical (unpaired) electrons. The summed E-state index contributed by atoms with van der Waals surface area (Å²) in [6.07, 6.45) is 8.64. The average molecular weight is 244 g/mol. The van der Waals surface area contributed by atoms with E-state index in [1.807, 2.05) is 7.05 Å². The second-order valence-corrected chi connectivity index (χ2v) is 3.89. The fourth-order valence-corrected chi connectivity index (χ4v) is 1.97. The standard InChI is InChI=1S/C10H12N8/c1-17-9(6-13-16-17)10(15-11)7-4-14-18-3-2-12-5-8(7)18/h2-6,10,15H,11H2,1H3. The van der Waals surface area contributed by atoms with Crippen LogP contribution in [0.2, 0.25) is 0 Å². The minimum Gasteiger partial charge on any atom is -0.271 e. The lowest BCUT2D eigenvalue weighted by molar-refractivity contribution is 0.572. The Labute approximate surface area is 102 Å². The summed E-state index contributed by atoms with van der Waals surface area (Å²) in [5.74, 6) is 5.64. The van der Waals surface area contributed by atoms with Crippen LogP contribution in [0.15, 0.2) is 31.0 Å². The van der Waals surface area contributed by atoms with Gasteiger partial charge in [-0.2, -0.15) is 5.10 Å². The molecule has 0 saturated carbocycles. The molecule has 3 N–H and O–H groups in total. The van der Waals surface area contributed by atoms with Crippen molar-refractivity contribution < 1.29 is 0 Å². The summed E-state index contributed by atoms with van der Waals surface area (Å²) in [5.41, 5.74) is 5.43. The van der Waals surface area contributed by atoms with Crippen LogP contribution < -0.4 is 11.3 Å². The van der Waals surface area contributed by atoms with Crippen LogP contribution in [0.5, 0.6) is 0 Å².